The molecule has 4 rings (SSSR count). The van der Waals surface area contributed by atoms with E-state index in [0.717, 1.165) is 5.69 Å². The third kappa shape index (κ3) is 4.01. The van der Waals surface area contributed by atoms with Crippen LogP contribution in [-0.4, -0.2) is 39.3 Å². The molecule has 0 saturated heterocycles. The van der Waals surface area contributed by atoms with E-state index in [2.05, 4.69) is 97.6 Å². The topological polar surface area (TPSA) is 29.0 Å². The Labute approximate surface area is 172 Å². The predicted octanol–water partition coefficient (Wildman–Crippen LogP) is 4.50. The summed E-state index contributed by atoms with van der Waals surface area (Å²) in [6.07, 6.45) is 13.4. The van der Waals surface area contributed by atoms with Crippen LogP contribution in [0.25, 0.3) is 8.94 Å². The van der Waals surface area contributed by atoms with Gasteiger partial charge in [-0.3, -0.25) is 0 Å². The monoisotopic (exact) mass is 431 g/mol. The second-order valence-electron chi connectivity index (χ2n) is 7.00. The number of anilines is 1. The first-order valence-corrected chi connectivity index (χ1v) is 11.0. The zero-order valence-corrected chi connectivity index (χ0v) is 17.8. The molecule has 1 heterocycles. The minimum absolute atomic E-state index is 0.241. The summed E-state index contributed by atoms with van der Waals surface area (Å²) < 4.78 is 4.90. The molecule has 0 atom stereocenters. The summed E-state index contributed by atoms with van der Waals surface area (Å²) in [4.78, 5) is 0. The van der Waals surface area contributed by atoms with Gasteiger partial charge in [0.05, 0.1) is 0 Å². The molecule has 1 aliphatic carbocycles. The number of hydrogen-bond donors (Lipinski definition) is 1. The summed E-state index contributed by atoms with van der Waals surface area (Å²) in [5, 5.41) is 0. The summed E-state index contributed by atoms with van der Waals surface area (Å²) in [6.45, 7) is 0. The van der Waals surface area contributed by atoms with Crippen molar-refractivity contribution < 1.29 is 4.58 Å². The van der Waals surface area contributed by atoms with Crippen LogP contribution in [0.15, 0.2) is 102 Å². The molecule has 0 radical (unpaired) electrons. The van der Waals surface area contributed by atoms with Crippen LogP contribution in [0.5, 0.6) is 0 Å². The third-order valence-electron chi connectivity index (χ3n) is 4.76. The Morgan fingerprint density at radius 2 is 1.25 bits per heavy atom. The zero-order valence-electron chi connectivity index (χ0n) is 16.1. The molecule has 2 aliphatic rings. The van der Waals surface area contributed by atoms with E-state index >= 15 is 0 Å². The van der Waals surface area contributed by atoms with Crippen LogP contribution in [0.1, 0.15) is 11.1 Å². The SMILES string of the molecule is C[N+](C)=C1C=CC(=C2C=C(c3ccccc3)[Se]C(c3ccc(N)cc3)=C2)C=C1. The van der Waals surface area contributed by atoms with E-state index < -0.39 is 0 Å². The van der Waals surface area contributed by atoms with Crippen molar-refractivity contribution in [2.75, 3.05) is 19.8 Å². The number of allylic oxidation sites excluding steroid dienone is 8. The fraction of sp³-hybridized carbons (Fsp3) is 0.0800. The van der Waals surface area contributed by atoms with Crippen LogP contribution in [-0.2, 0) is 0 Å². The van der Waals surface area contributed by atoms with Gasteiger partial charge in [-0.15, -0.1) is 0 Å². The Morgan fingerprint density at radius 1 is 0.679 bits per heavy atom. The van der Waals surface area contributed by atoms with Gasteiger partial charge in [0, 0.05) is 0 Å². The molecule has 2 aromatic carbocycles. The molecule has 0 amide bonds. The second-order valence-corrected chi connectivity index (χ2v) is 9.28. The Hall–Kier alpha value is -2.87. The molecule has 0 spiro atoms. The summed E-state index contributed by atoms with van der Waals surface area (Å²) in [6, 6.07) is 18.9. The average molecular weight is 430 g/mol. The normalized spacial score (nSPS) is 16.1. The molecular weight excluding hydrogens is 407 g/mol. The van der Waals surface area contributed by atoms with Crippen molar-refractivity contribution in [3.63, 3.8) is 0 Å². The summed E-state index contributed by atoms with van der Waals surface area (Å²) in [7, 11) is 4.13. The van der Waals surface area contributed by atoms with Gasteiger partial charge in [-0.25, -0.2) is 0 Å². The van der Waals surface area contributed by atoms with Crippen LogP contribution >= 0.6 is 0 Å². The predicted molar refractivity (Wildman–Crippen MR) is 121 cm³/mol. The van der Waals surface area contributed by atoms with Crippen LogP contribution in [0, 0.1) is 0 Å². The summed E-state index contributed by atoms with van der Waals surface area (Å²) in [5.41, 5.74) is 12.9. The van der Waals surface area contributed by atoms with Crippen molar-refractivity contribution in [3.8, 4) is 0 Å². The van der Waals surface area contributed by atoms with Crippen molar-refractivity contribution in [3.05, 3.63) is 113 Å². The van der Waals surface area contributed by atoms with Gasteiger partial charge in [0.25, 0.3) is 0 Å². The van der Waals surface area contributed by atoms with Gasteiger partial charge in [0.1, 0.15) is 0 Å². The van der Waals surface area contributed by atoms with Gasteiger partial charge < -0.3 is 0 Å². The van der Waals surface area contributed by atoms with Crippen molar-refractivity contribution >= 4 is 35.3 Å². The van der Waals surface area contributed by atoms with E-state index in [1.807, 2.05) is 12.1 Å². The molecule has 1 aliphatic heterocycles. The molecule has 0 unspecified atom stereocenters. The Bertz CT molecular complexity index is 1060. The van der Waals surface area contributed by atoms with Gasteiger partial charge in [0.15, 0.2) is 0 Å². The Kier molecular flexibility index (Phi) is 5.29. The van der Waals surface area contributed by atoms with E-state index in [1.165, 1.54) is 36.9 Å². The van der Waals surface area contributed by atoms with Crippen LogP contribution in [0.2, 0.25) is 0 Å². The standard InChI is InChI=1S/C25H22N2Se/c1-27(2)23-14-10-18(11-15-23)21-16-24(19-6-4-3-5-7-19)28-25(17-21)20-8-12-22(26)13-9-20/h3-17,26H,1-2H3/p+1. The van der Waals surface area contributed by atoms with E-state index in [0.29, 0.717) is 0 Å². The fourth-order valence-electron chi connectivity index (χ4n) is 3.15. The van der Waals surface area contributed by atoms with Crippen LogP contribution in [0.4, 0.5) is 5.69 Å². The van der Waals surface area contributed by atoms with Crippen LogP contribution < -0.4 is 5.73 Å². The van der Waals surface area contributed by atoms with Gasteiger partial charge in [-0.05, 0) is 0 Å². The molecule has 28 heavy (non-hydrogen) atoms. The first-order chi connectivity index (χ1) is 13.6. The summed E-state index contributed by atoms with van der Waals surface area (Å²) >= 11 is 0.241. The maximum absolute atomic E-state index is 5.90. The van der Waals surface area contributed by atoms with E-state index in [-0.39, 0.29) is 15.0 Å². The minimum atomic E-state index is 0.241. The number of rotatable bonds is 2. The Morgan fingerprint density at radius 3 is 1.82 bits per heavy atom. The van der Waals surface area contributed by atoms with E-state index in [4.69, 9.17) is 5.73 Å². The zero-order chi connectivity index (χ0) is 19.5. The molecule has 2 aromatic rings. The average Bonchev–Trinajstić information content (AvgIpc) is 2.74. The summed E-state index contributed by atoms with van der Waals surface area (Å²) in [5.74, 6) is 0. The molecule has 2 nitrogen and oxygen atoms in total. The van der Waals surface area contributed by atoms with Crippen molar-refractivity contribution in [1.29, 1.82) is 0 Å². The van der Waals surface area contributed by atoms with Crippen molar-refractivity contribution in [2.24, 2.45) is 0 Å². The molecule has 2 N–H and O–H groups in total. The second kappa shape index (κ2) is 8.02. The fourth-order valence-corrected chi connectivity index (χ4v) is 5.50. The van der Waals surface area contributed by atoms with E-state index in [9.17, 15) is 0 Å². The molecule has 3 heteroatoms. The quantitative estimate of drug-likeness (QED) is 0.424. The van der Waals surface area contributed by atoms with E-state index in [1.54, 1.807) is 0 Å². The number of nitrogens with zero attached hydrogens (tertiary/aromatic N) is 1. The molecule has 0 bridgehead atoms. The molecule has 0 saturated carbocycles. The Balaban J connectivity index is 1.81. The van der Waals surface area contributed by atoms with Crippen molar-refractivity contribution in [1.82, 2.24) is 0 Å². The number of benzene rings is 2. The van der Waals surface area contributed by atoms with Gasteiger partial charge >= 0.3 is 173 Å². The van der Waals surface area contributed by atoms with Gasteiger partial charge in [-0.1, -0.05) is 0 Å². The van der Waals surface area contributed by atoms with Crippen LogP contribution in [0.3, 0.4) is 0 Å². The van der Waals surface area contributed by atoms with Crippen molar-refractivity contribution in [2.45, 2.75) is 0 Å². The van der Waals surface area contributed by atoms with Gasteiger partial charge in [-0.2, -0.15) is 0 Å². The third-order valence-corrected chi connectivity index (χ3v) is 7.17. The number of hydrogen-bond acceptors (Lipinski definition) is 1. The molecule has 0 fully saturated rings. The first-order valence-electron chi connectivity index (χ1n) is 9.27. The molecule has 0 aromatic heterocycles. The number of nitrogen functional groups attached to an aromatic ring is 1. The maximum atomic E-state index is 5.90. The first kappa shape index (κ1) is 18.5. The molecule has 138 valence electrons. The van der Waals surface area contributed by atoms with Gasteiger partial charge in [0.2, 0.25) is 0 Å². The molecular formula is C25H23N2Se+. The number of nitrogens with two attached hydrogens (primary N) is 1.